The summed E-state index contributed by atoms with van der Waals surface area (Å²) in [6.07, 6.45) is 1.65. The minimum absolute atomic E-state index is 0.0508. The van der Waals surface area contributed by atoms with Crippen LogP contribution in [-0.2, 0) is 10.0 Å². The lowest BCUT2D eigenvalue weighted by molar-refractivity contribution is 0.251. The van der Waals surface area contributed by atoms with Gasteiger partial charge in [0.1, 0.15) is 11.5 Å². The molecule has 108 valence electrons. The summed E-state index contributed by atoms with van der Waals surface area (Å²) >= 11 is 0. The van der Waals surface area contributed by atoms with Gasteiger partial charge in [-0.1, -0.05) is 19.4 Å². The van der Waals surface area contributed by atoms with Crippen LogP contribution in [0.15, 0.2) is 24.3 Å². The molecule has 1 aromatic carbocycles. The van der Waals surface area contributed by atoms with Gasteiger partial charge in [-0.15, -0.1) is 0 Å². The third-order valence-electron chi connectivity index (χ3n) is 2.69. The van der Waals surface area contributed by atoms with Crippen LogP contribution < -0.4 is 14.6 Å². The highest BCUT2D eigenvalue weighted by molar-refractivity contribution is 7.89. The van der Waals surface area contributed by atoms with E-state index in [-0.39, 0.29) is 11.7 Å². The Labute approximate surface area is 114 Å². The molecule has 0 heterocycles. The Morgan fingerprint density at radius 2 is 2.00 bits per heavy atom. The van der Waals surface area contributed by atoms with Crippen molar-refractivity contribution < 1.29 is 17.9 Å². The maximum atomic E-state index is 11.1. The SMILES string of the molecule is CCCC(COc1cccc(OC)c1)CS(N)(=O)=O. The third-order valence-corrected chi connectivity index (χ3v) is 3.63. The summed E-state index contributed by atoms with van der Waals surface area (Å²) in [7, 11) is -1.88. The Hall–Kier alpha value is -1.27. The van der Waals surface area contributed by atoms with Crippen LogP contribution in [0.3, 0.4) is 0 Å². The topological polar surface area (TPSA) is 78.6 Å². The highest BCUT2D eigenvalue weighted by atomic mass is 32.2. The number of primary sulfonamides is 1. The normalized spacial score (nSPS) is 13.0. The van der Waals surface area contributed by atoms with Crippen LogP contribution in [-0.4, -0.2) is 27.9 Å². The van der Waals surface area contributed by atoms with E-state index in [2.05, 4.69) is 0 Å². The molecule has 19 heavy (non-hydrogen) atoms. The van der Waals surface area contributed by atoms with Gasteiger partial charge in [0.25, 0.3) is 0 Å². The van der Waals surface area contributed by atoms with E-state index in [0.29, 0.717) is 18.1 Å². The van der Waals surface area contributed by atoms with Crippen molar-refractivity contribution in [3.8, 4) is 11.5 Å². The summed E-state index contributed by atoms with van der Waals surface area (Å²) in [5, 5.41) is 5.08. The van der Waals surface area contributed by atoms with Crippen molar-refractivity contribution in [2.24, 2.45) is 11.1 Å². The number of sulfonamides is 1. The van der Waals surface area contributed by atoms with Gasteiger partial charge in [0.2, 0.25) is 10.0 Å². The summed E-state index contributed by atoms with van der Waals surface area (Å²) in [6.45, 7) is 2.33. The minimum atomic E-state index is -3.47. The van der Waals surface area contributed by atoms with Crippen molar-refractivity contribution >= 4 is 10.0 Å². The quantitative estimate of drug-likeness (QED) is 0.790. The second-order valence-corrected chi connectivity index (χ2v) is 6.13. The molecule has 0 amide bonds. The predicted molar refractivity (Wildman–Crippen MR) is 74.9 cm³/mol. The van der Waals surface area contributed by atoms with E-state index in [1.54, 1.807) is 13.2 Å². The zero-order valence-electron chi connectivity index (χ0n) is 11.3. The van der Waals surface area contributed by atoms with Gasteiger partial charge in [-0.2, -0.15) is 0 Å². The summed E-state index contributed by atoms with van der Waals surface area (Å²) in [6, 6.07) is 7.21. The van der Waals surface area contributed by atoms with Gasteiger partial charge < -0.3 is 9.47 Å². The van der Waals surface area contributed by atoms with Crippen molar-refractivity contribution in [3.63, 3.8) is 0 Å². The molecule has 0 spiro atoms. The van der Waals surface area contributed by atoms with E-state index in [4.69, 9.17) is 14.6 Å². The van der Waals surface area contributed by atoms with Crippen molar-refractivity contribution in [1.82, 2.24) is 0 Å². The maximum absolute atomic E-state index is 11.1. The molecule has 1 rings (SSSR count). The van der Waals surface area contributed by atoms with Gasteiger partial charge in [-0.05, 0) is 18.6 Å². The van der Waals surface area contributed by atoms with Crippen LogP contribution in [0.5, 0.6) is 11.5 Å². The number of benzene rings is 1. The smallest absolute Gasteiger partial charge is 0.209 e. The highest BCUT2D eigenvalue weighted by Gasteiger charge is 2.16. The Balaban J connectivity index is 2.59. The number of nitrogens with two attached hydrogens (primary N) is 1. The summed E-state index contributed by atoms with van der Waals surface area (Å²) in [5.41, 5.74) is 0. The lowest BCUT2D eigenvalue weighted by Gasteiger charge is -2.16. The molecule has 0 aromatic heterocycles. The number of methoxy groups -OCH3 is 1. The first-order chi connectivity index (χ1) is 8.94. The summed E-state index contributed by atoms with van der Waals surface area (Å²) in [5.74, 6) is 1.22. The lowest BCUT2D eigenvalue weighted by Crippen LogP contribution is -2.26. The number of ether oxygens (including phenoxy) is 2. The average molecular weight is 287 g/mol. The van der Waals surface area contributed by atoms with E-state index in [1.165, 1.54) is 0 Å². The first-order valence-corrected chi connectivity index (χ1v) is 7.93. The number of hydrogen-bond acceptors (Lipinski definition) is 4. The predicted octanol–water partition coefficient (Wildman–Crippen LogP) is 1.78. The van der Waals surface area contributed by atoms with Crippen LogP contribution in [0, 0.1) is 5.92 Å². The van der Waals surface area contributed by atoms with Crippen LogP contribution in [0.25, 0.3) is 0 Å². The highest BCUT2D eigenvalue weighted by Crippen LogP contribution is 2.20. The van der Waals surface area contributed by atoms with Crippen LogP contribution >= 0.6 is 0 Å². The van der Waals surface area contributed by atoms with Crippen molar-refractivity contribution in [1.29, 1.82) is 0 Å². The Bertz CT molecular complexity index is 487. The molecule has 0 saturated carbocycles. The zero-order chi connectivity index (χ0) is 14.3. The zero-order valence-corrected chi connectivity index (χ0v) is 12.2. The first kappa shape index (κ1) is 15.8. The van der Waals surface area contributed by atoms with E-state index >= 15 is 0 Å². The molecule has 5 nitrogen and oxygen atoms in total. The van der Waals surface area contributed by atoms with E-state index in [0.717, 1.165) is 12.8 Å². The fourth-order valence-electron chi connectivity index (χ4n) is 1.86. The van der Waals surface area contributed by atoms with Crippen molar-refractivity contribution in [2.45, 2.75) is 19.8 Å². The molecule has 0 fully saturated rings. The van der Waals surface area contributed by atoms with E-state index in [1.807, 2.05) is 25.1 Å². The third kappa shape index (κ3) is 6.45. The summed E-state index contributed by atoms with van der Waals surface area (Å²) in [4.78, 5) is 0. The van der Waals surface area contributed by atoms with Crippen LogP contribution in [0.4, 0.5) is 0 Å². The molecule has 1 unspecified atom stereocenters. The Kier molecular flexibility index (Phi) is 6.11. The van der Waals surface area contributed by atoms with Crippen LogP contribution in [0.1, 0.15) is 19.8 Å². The number of rotatable bonds is 8. The Morgan fingerprint density at radius 1 is 1.32 bits per heavy atom. The molecule has 0 aliphatic heterocycles. The maximum Gasteiger partial charge on any atom is 0.209 e. The standard InChI is InChI=1S/C13H21NO4S/c1-3-5-11(10-19(14,15)16)9-18-13-7-4-6-12(8-13)17-2/h4,6-8,11H,3,5,9-10H2,1-2H3,(H2,14,15,16). The Morgan fingerprint density at radius 3 is 2.58 bits per heavy atom. The van der Waals surface area contributed by atoms with Gasteiger partial charge in [-0.25, -0.2) is 13.6 Å². The van der Waals surface area contributed by atoms with Gasteiger partial charge >= 0.3 is 0 Å². The lowest BCUT2D eigenvalue weighted by atomic mass is 10.1. The first-order valence-electron chi connectivity index (χ1n) is 6.22. The largest absolute Gasteiger partial charge is 0.497 e. The average Bonchev–Trinajstić information content (AvgIpc) is 2.35. The van der Waals surface area contributed by atoms with E-state index < -0.39 is 10.0 Å². The van der Waals surface area contributed by atoms with Gasteiger partial charge in [0.15, 0.2) is 0 Å². The molecule has 0 bridgehead atoms. The molecule has 0 saturated heterocycles. The summed E-state index contributed by atoms with van der Waals surface area (Å²) < 4.78 is 33.0. The molecule has 1 aromatic rings. The number of hydrogen-bond donors (Lipinski definition) is 1. The van der Waals surface area contributed by atoms with Gasteiger partial charge in [0, 0.05) is 12.0 Å². The fraction of sp³-hybridized carbons (Fsp3) is 0.538. The van der Waals surface area contributed by atoms with Crippen molar-refractivity contribution in [2.75, 3.05) is 19.5 Å². The van der Waals surface area contributed by atoms with E-state index in [9.17, 15) is 8.42 Å². The molecule has 0 radical (unpaired) electrons. The molecular formula is C13H21NO4S. The molecule has 1 atom stereocenters. The van der Waals surface area contributed by atoms with Gasteiger partial charge in [-0.3, -0.25) is 0 Å². The fourth-order valence-corrected chi connectivity index (χ4v) is 2.78. The van der Waals surface area contributed by atoms with Crippen molar-refractivity contribution in [3.05, 3.63) is 24.3 Å². The molecule has 6 heteroatoms. The molecule has 0 aliphatic rings. The second kappa shape index (κ2) is 7.35. The molecule has 0 aliphatic carbocycles. The monoisotopic (exact) mass is 287 g/mol. The molecule has 2 N–H and O–H groups in total. The van der Waals surface area contributed by atoms with Crippen LogP contribution in [0.2, 0.25) is 0 Å². The molecular weight excluding hydrogens is 266 g/mol. The second-order valence-electron chi connectivity index (χ2n) is 4.47. The minimum Gasteiger partial charge on any atom is -0.497 e. The van der Waals surface area contributed by atoms with Gasteiger partial charge in [0.05, 0.1) is 19.5 Å².